The third-order valence-corrected chi connectivity index (χ3v) is 5.81. The predicted molar refractivity (Wildman–Crippen MR) is 87.2 cm³/mol. The van der Waals surface area contributed by atoms with Crippen LogP contribution in [0.25, 0.3) is 0 Å². The van der Waals surface area contributed by atoms with Crippen molar-refractivity contribution in [1.29, 1.82) is 0 Å². The van der Waals surface area contributed by atoms with Gasteiger partial charge in [0.05, 0.1) is 6.26 Å². The minimum Gasteiger partial charge on any atom is -0.350 e. The highest BCUT2D eigenvalue weighted by atomic mass is 32.2. The SMILES string of the molecule is CCCC(=O)N1CCCC1C(=O)NC1CCCN(S(C)(=O)=O)C1. The molecule has 2 unspecified atom stereocenters. The van der Waals surface area contributed by atoms with Gasteiger partial charge in [0.2, 0.25) is 21.8 Å². The molecule has 0 spiro atoms. The minimum atomic E-state index is -3.23. The lowest BCUT2D eigenvalue weighted by Crippen LogP contribution is -2.54. The molecule has 2 saturated heterocycles. The smallest absolute Gasteiger partial charge is 0.243 e. The molecule has 0 aliphatic carbocycles. The van der Waals surface area contributed by atoms with Crippen LogP contribution in [-0.4, -0.2) is 67.4 Å². The first kappa shape index (κ1) is 18.2. The van der Waals surface area contributed by atoms with E-state index in [4.69, 9.17) is 0 Å². The summed E-state index contributed by atoms with van der Waals surface area (Å²) in [6.45, 7) is 3.41. The minimum absolute atomic E-state index is 0.0338. The van der Waals surface area contributed by atoms with Crippen LogP contribution in [0.5, 0.6) is 0 Å². The second-order valence-electron chi connectivity index (χ2n) is 6.46. The van der Waals surface area contributed by atoms with E-state index in [9.17, 15) is 18.0 Å². The number of carbonyl (C=O) groups excluding carboxylic acids is 2. The Labute approximate surface area is 138 Å². The Balaban J connectivity index is 1.94. The summed E-state index contributed by atoms with van der Waals surface area (Å²) in [5.74, 6) is -0.112. The molecule has 0 saturated carbocycles. The molecule has 23 heavy (non-hydrogen) atoms. The fourth-order valence-electron chi connectivity index (χ4n) is 3.35. The Morgan fingerprint density at radius 3 is 2.52 bits per heavy atom. The van der Waals surface area contributed by atoms with Crippen molar-refractivity contribution in [2.24, 2.45) is 0 Å². The van der Waals surface area contributed by atoms with Crippen molar-refractivity contribution in [3.63, 3.8) is 0 Å². The number of carbonyl (C=O) groups is 2. The molecular formula is C15H27N3O4S. The molecule has 1 N–H and O–H groups in total. The molecule has 2 heterocycles. The van der Waals surface area contributed by atoms with E-state index >= 15 is 0 Å². The molecule has 2 amide bonds. The van der Waals surface area contributed by atoms with Gasteiger partial charge in [0.15, 0.2) is 0 Å². The molecule has 0 bridgehead atoms. The number of nitrogens with one attached hydrogen (secondary N) is 1. The second kappa shape index (κ2) is 7.61. The Bertz CT molecular complexity index is 549. The first-order valence-electron chi connectivity index (χ1n) is 8.38. The molecule has 2 aliphatic heterocycles. The summed E-state index contributed by atoms with van der Waals surface area (Å²) in [6.07, 6.45) is 5.47. The van der Waals surface area contributed by atoms with Crippen LogP contribution in [0.1, 0.15) is 45.4 Å². The molecule has 2 rings (SSSR count). The Hall–Kier alpha value is -1.15. The van der Waals surface area contributed by atoms with Gasteiger partial charge in [-0.05, 0) is 32.1 Å². The Morgan fingerprint density at radius 2 is 1.87 bits per heavy atom. The van der Waals surface area contributed by atoms with Gasteiger partial charge < -0.3 is 10.2 Å². The number of hydrogen-bond acceptors (Lipinski definition) is 4. The van der Waals surface area contributed by atoms with E-state index in [2.05, 4.69) is 5.32 Å². The van der Waals surface area contributed by atoms with Crippen molar-refractivity contribution >= 4 is 21.8 Å². The molecule has 0 aromatic carbocycles. The highest BCUT2D eigenvalue weighted by Gasteiger charge is 2.35. The van der Waals surface area contributed by atoms with Crippen LogP contribution < -0.4 is 5.32 Å². The third-order valence-electron chi connectivity index (χ3n) is 4.54. The zero-order valence-electron chi connectivity index (χ0n) is 14.0. The fraction of sp³-hybridized carbons (Fsp3) is 0.867. The number of sulfonamides is 1. The van der Waals surface area contributed by atoms with Gasteiger partial charge in [-0.15, -0.1) is 0 Å². The standard InChI is InChI=1S/C15H27N3O4S/c1-3-6-14(19)18-10-5-8-13(18)15(20)16-12-7-4-9-17(11-12)23(2,21)22/h12-13H,3-11H2,1-2H3,(H,16,20). The van der Waals surface area contributed by atoms with E-state index in [0.717, 1.165) is 25.7 Å². The topological polar surface area (TPSA) is 86.8 Å². The van der Waals surface area contributed by atoms with Gasteiger partial charge >= 0.3 is 0 Å². The number of likely N-dealkylation sites (tertiary alicyclic amines) is 1. The summed E-state index contributed by atoms with van der Waals surface area (Å²) in [5, 5.41) is 2.95. The fourth-order valence-corrected chi connectivity index (χ4v) is 4.27. The summed E-state index contributed by atoms with van der Waals surface area (Å²) in [7, 11) is -3.23. The average molecular weight is 345 g/mol. The van der Waals surface area contributed by atoms with Crippen LogP contribution in [0, 0.1) is 0 Å². The van der Waals surface area contributed by atoms with Crippen molar-refractivity contribution in [2.45, 2.75) is 57.5 Å². The molecule has 2 fully saturated rings. The number of rotatable bonds is 5. The van der Waals surface area contributed by atoms with Crippen molar-refractivity contribution in [1.82, 2.24) is 14.5 Å². The van der Waals surface area contributed by atoms with E-state index < -0.39 is 16.1 Å². The van der Waals surface area contributed by atoms with E-state index in [1.807, 2.05) is 6.92 Å². The van der Waals surface area contributed by atoms with Gasteiger partial charge in [0, 0.05) is 32.1 Å². The zero-order valence-corrected chi connectivity index (χ0v) is 14.8. The monoisotopic (exact) mass is 345 g/mol. The van der Waals surface area contributed by atoms with Gasteiger partial charge in [0.1, 0.15) is 6.04 Å². The first-order chi connectivity index (χ1) is 10.8. The van der Waals surface area contributed by atoms with Crippen LogP contribution in [0.2, 0.25) is 0 Å². The number of hydrogen-bond donors (Lipinski definition) is 1. The first-order valence-corrected chi connectivity index (χ1v) is 10.2. The maximum Gasteiger partial charge on any atom is 0.243 e. The maximum absolute atomic E-state index is 12.5. The van der Waals surface area contributed by atoms with Crippen LogP contribution >= 0.6 is 0 Å². The lowest BCUT2D eigenvalue weighted by Gasteiger charge is -2.33. The molecular weight excluding hydrogens is 318 g/mol. The summed E-state index contributed by atoms with van der Waals surface area (Å²) in [6, 6.07) is -0.572. The van der Waals surface area contributed by atoms with Crippen molar-refractivity contribution in [3.8, 4) is 0 Å². The maximum atomic E-state index is 12.5. The lowest BCUT2D eigenvalue weighted by atomic mass is 10.1. The molecule has 2 aliphatic rings. The zero-order chi connectivity index (χ0) is 17.0. The number of piperidine rings is 1. The largest absolute Gasteiger partial charge is 0.350 e. The molecule has 7 nitrogen and oxygen atoms in total. The summed E-state index contributed by atoms with van der Waals surface area (Å²) in [5.41, 5.74) is 0. The normalized spacial score (nSPS) is 26.3. The summed E-state index contributed by atoms with van der Waals surface area (Å²) < 4.78 is 24.7. The third kappa shape index (κ3) is 4.67. The molecule has 0 radical (unpaired) electrons. The van der Waals surface area contributed by atoms with Crippen molar-refractivity contribution in [3.05, 3.63) is 0 Å². The summed E-state index contributed by atoms with van der Waals surface area (Å²) >= 11 is 0. The average Bonchev–Trinajstić information content (AvgIpc) is 2.96. The molecule has 0 aromatic heterocycles. The van der Waals surface area contributed by atoms with Crippen molar-refractivity contribution < 1.29 is 18.0 Å². The van der Waals surface area contributed by atoms with Gasteiger partial charge in [-0.3, -0.25) is 9.59 Å². The van der Waals surface area contributed by atoms with E-state index in [0.29, 0.717) is 32.5 Å². The number of nitrogens with zero attached hydrogens (tertiary/aromatic N) is 2. The Morgan fingerprint density at radius 1 is 1.17 bits per heavy atom. The van der Waals surface area contributed by atoms with Gasteiger partial charge in [-0.1, -0.05) is 6.92 Å². The summed E-state index contributed by atoms with van der Waals surface area (Å²) in [4.78, 5) is 26.3. The molecule has 132 valence electrons. The van der Waals surface area contributed by atoms with Gasteiger partial charge in [-0.25, -0.2) is 12.7 Å². The second-order valence-corrected chi connectivity index (χ2v) is 8.45. The lowest BCUT2D eigenvalue weighted by molar-refractivity contribution is -0.138. The van der Waals surface area contributed by atoms with E-state index in [1.165, 1.54) is 10.6 Å². The number of amides is 2. The molecule has 8 heteroatoms. The van der Waals surface area contributed by atoms with E-state index in [1.54, 1.807) is 4.90 Å². The van der Waals surface area contributed by atoms with Crippen LogP contribution in [-0.2, 0) is 19.6 Å². The van der Waals surface area contributed by atoms with Crippen LogP contribution in [0.3, 0.4) is 0 Å². The highest BCUT2D eigenvalue weighted by Crippen LogP contribution is 2.20. The van der Waals surface area contributed by atoms with Crippen molar-refractivity contribution in [2.75, 3.05) is 25.9 Å². The van der Waals surface area contributed by atoms with Gasteiger partial charge in [0.25, 0.3) is 0 Å². The predicted octanol–water partition coefficient (Wildman–Crippen LogP) is 0.318. The van der Waals surface area contributed by atoms with Gasteiger partial charge in [-0.2, -0.15) is 0 Å². The van der Waals surface area contributed by atoms with Crippen LogP contribution in [0.15, 0.2) is 0 Å². The van der Waals surface area contributed by atoms with E-state index in [-0.39, 0.29) is 17.9 Å². The van der Waals surface area contributed by atoms with Crippen LogP contribution in [0.4, 0.5) is 0 Å². The Kier molecular flexibility index (Phi) is 6.02. The molecule has 0 aromatic rings. The highest BCUT2D eigenvalue weighted by molar-refractivity contribution is 7.88. The molecule has 2 atom stereocenters. The quantitative estimate of drug-likeness (QED) is 0.777.